The lowest BCUT2D eigenvalue weighted by Crippen LogP contribution is -2.25. The lowest BCUT2D eigenvalue weighted by Gasteiger charge is -2.01. The van der Waals surface area contributed by atoms with Gasteiger partial charge in [-0.05, 0) is 30.9 Å². The molecule has 6 heteroatoms. The number of hydroxylamine groups is 1. The van der Waals surface area contributed by atoms with Crippen molar-refractivity contribution in [2.45, 2.75) is 19.3 Å². The number of carbonyl (C=O) groups excluding carboxylic acids is 1. The predicted molar refractivity (Wildman–Crippen MR) is 57.4 cm³/mol. The van der Waals surface area contributed by atoms with Gasteiger partial charge in [-0.25, -0.2) is 10.3 Å². The van der Waals surface area contributed by atoms with Crippen molar-refractivity contribution >= 4 is 23.2 Å². The van der Waals surface area contributed by atoms with Crippen LogP contribution in [-0.2, 0) is 22.5 Å². The third-order valence-corrected chi connectivity index (χ3v) is 3.57. The van der Waals surface area contributed by atoms with E-state index in [2.05, 4.69) is 10.3 Å². The molecule has 5 nitrogen and oxygen atoms in total. The van der Waals surface area contributed by atoms with E-state index in [0.29, 0.717) is 4.88 Å². The van der Waals surface area contributed by atoms with E-state index in [9.17, 15) is 9.59 Å². The Hall–Kier alpha value is -1.40. The van der Waals surface area contributed by atoms with Crippen LogP contribution in [0.5, 0.6) is 0 Å². The Morgan fingerprint density at radius 2 is 2.31 bits per heavy atom. The number of hydrogen-bond acceptors (Lipinski definition) is 4. The minimum atomic E-state index is -1.12. The Morgan fingerprint density at radius 3 is 3.00 bits per heavy atom. The number of carbonyl (C=O) groups is 2. The van der Waals surface area contributed by atoms with E-state index >= 15 is 0 Å². The van der Waals surface area contributed by atoms with E-state index in [1.165, 1.54) is 21.8 Å². The highest BCUT2D eigenvalue weighted by Gasteiger charge is 2.18. The van der Waals surface area contributed by atoms with Gasteiger partial charge in [-0.15, -0.1) is 11.3 Å². The van der Waals surface area contributed by atoms with Gasteiger partial charge in [0, 0.05) is 4.88 Å². The second-order valence-electron chi connectivity index (χ2n) is 3.53. The molecule has 1 aliphatic rings. The molecule has 0 fully saturated rings. The van der Waals surface area contributed by atoms with Crippen LogP contribution in [0.25, 0.3) is 0 Å². The summed E-state index contributed by atoms with van der Waals surface area (Å²) in [6.07, 6.45) is 3.21. The summed E-state index contributed by atoms with van der Waals surface area (Å²) < 4.78 is 0. The topological polar surface area (TPSA) is 75.6 Å². The van der Waals surface area contributed by atoms with Gasteiger partial charge in [0.25, 0.3) is 5.91 Å². The van der Waals surface area contributed by atoms with E-state index < -0.39 is 12.6 Å². The first-order valence-corrected chi connectivity index (χ1v) is 5.74. The molecule has 0 radical (unpaired) electrons. The summed E-state index contributed by atoms with van der Waals surface area (Å²) >= 11 is 1.45. The molecule has 1 aromatic heterocycles. The van der Waals surface area contributed by atoms with Gasteiger partial charge in [0.05, 0.1) is 4.88 Å². The second kappa shape index (κ2) is 4.63. The molecule has 1 aliphatic carbocycles. The standard InChI is InChI=1S/C10H11NO4S/c12-9(13)5-15-11-10(14)8-4-6-2-1-3-7(6)16-8/h4H,1-3,5H2,(H,11,14)(H,12,13). The van der Waals surface area contributed by atoms with Gasteiger partial charge in [-0.2, -0.15) is 0 Å². The fraction of sp³-hybridized carbons (Fsp3) is 0.400. The van der Waals surface area contributed by atoms with Gasteiger partial charge in [0.1, 0.15) is 0 Å². The molecule has 0 atom stereocenters. The Morgan fingerprint density at radius 1 is 1.50 bits per heavy atom. The lowest BCUT2D eigenvalue weighted by molar-refractivity contribution is -0.144. The SMILES string of the molecule is O=C(O)CONC(=O)c1cc2c(s1)CCC2. The molecule has 0 bridgehead atoms. The summed E-state index contributed by atoms with van der Waals surface area (Å²) in [7, 11) is 0. The maximum absolute atomic E-state index is 11.5. The number of carboxylic acid groups (broad SMARTS) is 1. The van der Waals surface area contributed by atoms with Gasteiger partial charge in [-0.3, -0.25) is 9.63 Å². The third-order valence-electron chi connectivity index (χ3n) is 2.33. The molecule has 1 aromatic rings. The first-order chi connectivity index (χ1) is 7.66. The van der Waals surface area contributed by atoms with Crippen LogP contribution in [0, 0.1) is 0 Å². The summed E-state index contributed by atoms with van der Waals surface area (Å²) in [4.78, 5) is 28.0. The summed E-state index contributed by atoms with van der Waals surface area (Å²) in [6, 6.07) is 1.85. The van der Waals surface area contributed by atoms with Crippen LogP contribution in [0.1, 0.15) is 26.5 Å². The highest BCUT2D eigenvalue weighted by Crippen LogP contribution is 2.30. The number of amides is 1. The zero-order valence-corrected chi connectivity index (χ0v) is 9.30. The number of thiophene rings is 1. The van der Waals surface area contributed by atoms with E-state index in [4.69, 9.17) is 5.11 Å². The first kappa shape index (κ1) is 11.1. The van der Waals surface area contributed by atoms with Crippen molar-refractivity contribution in [3.05, 3.63) is 21.4 Å². The number of aliphatic carboxylic acids is 1. The zero-order valence-electron chi connectivity index (χ0n) is 8.49. The van der Waals surface area contributed by atoms with Crippen molar-refractivity contribution in [3.63, 3.8) is 0 Å². The van der Waals surface area contributed by atoms with Crippen LogP contribution >= 0.6 is 11.3 Å². The summed E-state index contributed by atoms with van der Waals surface area (Å²) in [6.45, 7) is -0.531. The van der Waals surface area contributed by atoms with Crippen LogP contribution in [0.3, 0.4) is 0 Å². The number of fused-ring (bicyclic) bond motifs is 1. The fourth-order valence-electron chi connectivity index (χ4n) is 1.65. The quantitative estimate of drug-likeness (QED) is 0.770. The van der Waals surface area contributed by atoms with Crippen LogP contribution < -0.4 is 5.48 Å². The molecule has 2 N–H and O–H groups in total. The number of nitrogens with one attached hydrogen (secondary N) is 1. The molecule has 2 rings (SSSR count). The van der Waals surface area contributed by atoms with Crippen LogP contribution in [0.2, 0.25) is 0 Å². The molecular weight excluding hydrogens is 230 g/mol. The number of aryl methyl sites for hydroxylation is 2. The van der Waals surface area contributed by atoms with Crippen LogP contribution in [0.15, 0.2) is 6.07 Å². The largest absolute Gasteiger partial charge is 0.479 e. The number of carboxylic acids is 1. The molecule has 0 aromatic carbocycles. The van der Waals surface area contributed by atoms with Gasteiger partial charge in [0.2, 0.25) is 0 Å². The van der Waals surface area contributed by atoms with E-state index in [0.717, 1.165) is 19.3 Å². The van der Waals surface area contributed by atoms with Crippen LogP contribution in [-0.4, -0.2) is 23.6 Å². The minimum Gasteiger partial charge on any atom is -0.479 e. The molecule has 0 aliphatic heterocycles. The Bertz CT molecular complexity index is 405. The van der Waals surface area contributed by atoms with Crippen molar-refractivity contribution in [3.8, 4) is 0 Å². The maximum Gasteiger partial charge on any atom is 0.332 e. The number of rotatable bonds is 4. The summed E-state index contributed by atoms with van der Waals surface area (Å²) in [5, 5.41) is 8.32. The normalized spacial score (nSPS) is 13.5. The van der Waals surface area contributed by atoms with Gasteiger partial charge in [0.15, 0.2) is 6.61 Å². The van der Waals surface area contributed by atoms with Crippen molar-refractivity contribution in [2.75, 3.05) is 6.61 Å². The average molecular weight is 241 g/mol. The molecule has 16 heavy (non-hydrogen) atoms. The first-order valence-electron chi connectivity index (χ1n) is 4.92. The molecule has 0 saturated heterocycles. The molecule has 1 amide bonds. The third kappa shape index (κ3) is 2.40. The van der Waals surface area contributed by atoms with E-state index in [1.54, 1.807) is 0 Å². The highest BCUT2D eigenvalue weighted by atomic mass is 32.1. The van der Waals surface area contributed by atoms with Gasteiger partial charge < -0.3 is 5.11 Å². The van der Waals surface area contributed by atoms with Gasteiger partial charge >= 0.3 is 5.97 Å². The molecule has 86 valence electrons. The van der Waals surface area contributed by atoms with Crippen molar-refractivity contribution in [2.24, 2.45) is 0 Å². The monoisotopic (exact) mass is 241 g/mol. The summed E-state index contributed by atoms with van der Waals surface area (Å²) in [5.41, 5.74) is 3.34. The Labute approximate surface area is 96.0 Å². The molecular formula is C10H11NO4S. The molecule has 0 spiro atoms. The van der Waals surface area contributed by atoms with Crippen molar-refractivity contribution in [1.29, 1.82) is 0 Å². The molecule has 0 unspecified atom stereocenters. The molecule has 0 saturated carbocycles. The second-order valence-corrected chi connectivity index (χ2v) is 4.66. The van der Waals surface area contributed by atoms with E-state index in [-0.39, 0.29) is 5.91 Å². The Balaban J connectivity index is 1.91. The maximum atomic E-state index is 11.5. The summed E-state index contributed by atoms with van der Waals surface area (Å²) in [5.74, 6) is -1.49. The van der Waals surface area contributed by atoms with E-state index in [1.807, 2.05) is 6.07 Å². The van der Waals surface area contributed by atoms with Gasteiger partial charge in [-0.1, -0.05) is 0 Å². The van der Waals surface area contributed by atoms with Crippen molar-refractivity contribution in [1.82, 2.24) is 5.48 Å². The van der Waals surface area contributed by atoms with Crippen LogP contribution in [0.4, 0.5) is 0 Å². The zero-order chi connectivity index (χ0) is 11.5. The highest BCUT2D eigenvalue weighted by molar-refractivity contribution is 7.14. The predicted octanol–water partition coefficient (Wildman–Crippen LogP) is 0.983. The smallest absolute Gasteiger partial charge is 0.332 e. The Kier molecular flexibility index (Phi) is 3.21. The lowest BCUT2D eigenvalue weighted by atomic mass is 10.2. The van der Waals surface area contributed by atoms with Crippen molar-refractivity contribution < 1.29 is 19.5 Å². The fourth-order valence-corrected chi connectivity index (χ4v) is 2.79. The average Bonchev–Trinajstić information content (AvgIpc) is 2.75. The minimum absolute atomic E-state index is 0.374. The molecule has 1 heterocycles. The number of hydrogen-bond donors (Lipinski definition) is 2.